The Kier molecular flexibility index (Phi) is 6.78. The molecule has 0 saturated carbocycles. The van der Waals surface area contributed by atoms with Crippen LogP contribution in [0, 0.1) is 0 Å². The van der Waals surface area contributed by atoms with Gasteiger partial charge in [-0.05, 0) is 44.8 Å². The summed E-state index contributed by atoms with van der Waals surface area (Å²) in [7, 11) is 3.23. The molecular formula is C13H17BrClF3N2. The summed E-state index contributed by atoms with van der Waals surface area (Å²) in [4.78, 5) is 1.26. The second-order valence-corrected chi connectivity index (χ2v) is 5.97. The number of nitrogens with zero attached hydrogens (tertiary/aromatic N) is 1. The molecule has 0 aliphatic rings. The number of nitrogens with one attached hydrogen (secondary N) is 1. The van der Waals surface area contributed by atoms with Gasteiger partial charge in [0.15, 0.2) is 0 Å². The van der Waals surface area contributed by atoms with Gasteiger partial charge in [0.25, 0.3) is 0 Å². The molecule has 1 aromatic carbocycles. The van der Waals surface area contributed by atoms with E-state index in [1.807, 2.05) is 12.1 Å². The van der Waals surface area contributed by atoms with Crippen molar-refractivity contribution in [2.45, 2.75) is 18.6 Å². The van der Waals surface area contributed by atoms with Gasteiger partial charge in [-0.25, -0.2) is 0 Å². The van der Waals surface area contributed by atoms with E-state index < -0.39 is 12.7 Å². The summed E-state index contributed by atoms with van der Waals surface area (Å²) in [5, 5.41) is 3.68. The average Bonchev–Trinajstić information content (AvgIpc) is 2.29. The monoisotopic (exact) mass is 372 g/mol. The molecule has 2 nitrogen and oxygen atoms in total. The van der Waals surface area contributed by atoms with Gasteiger partial charge in [-0.2, -0.15) is 13.2 Å². The molecule has 1 rings (SSSR count). The SMILES string of the molecule is CNC(CCN(C)CC(F)(F)F)c1ccc(Br)cc1Cl. The van der Waals surface area contributed by atoms with Crippen molar-refractivity contribution in [3.05, 3.63) is 33.3 Å². The molecule has 0 fully saturated rings. The van der Waals surface area contributed by atoms with Crippen LogP contribution in [0.5, 0.6) is 0 Å². The average molecular weight is 374 g/mol. The predicted octanol–water partition coefficient (Wildman–Crippen LogP) is 4.25. The fourth-order valence-electron chi connectivity index (χ4n) is 1.97. The lowest BCUT2D eigenvalue weighted by atomic mass is 10.0. The van der Waals surface area contributed by atoms with Crippen molar-refractivity contribution in [2.75, 3.05) is 27.2 Å². The van der Waals surface area contributed by atoms with Crippen molar-refractivity contribution in [3.8, 4) is 0 Å². The van der Waals surface area contributed by atoms with E-state index in [1.54, 1.807) is 13.1 Å². The van der Waals surface area contributed by atoms with Gasteiger partial charge in [0, 0.05) is 15.5 Å². The Balaban J connectivity index is 2.63. The van der Waals surface area contributed by atoms with E-state index in [2.05, 4.69) is 21.2 Å². The molecule has 0 aliphatic heterocycles. The van der Waals surface area contributed by atoms with Crippen LogP contribution in [-0.2, 0) is 0 Å². The highest BCUT2D eigenvalue weighted by Gasteiger charge is 2.29. The van der Waals surface area contributed by atoms with Crippen LogP contribution in [0.15, 0.2) is 22.7 Å². The maximum atomic E-state index is 12.3. The Morgan fingerprint density at radius 1 is 1.40 bits per heavy atom. The molecule has 0 spiro atoms. The lowest BCUT2D eigenvalue weighted by Crippen LogP contribution is -2.33. The predicted molar refractivity (Wildman–Crippen MR) is 79.1 cm³/mol. The molecule has 0 heterocycles. The maximum absolute atomic E-state index is 12.3. The first-order valence-electron chi connectivity index (χ1n) is 6.10. The van der Waals surface area contributed by atoms with Crippen LogP contribution in [0.4, 0.5) is 13.2 Å². The molecule has 1 atom stereocenters. The van der Waals surface area contributed by atoms with E-state index in [0.29, 0.717) is 18.0 Å². The van der Waals surface area contributed by atoms with Crippen LogP contribution in [0.25, 0.3) is 0 Å². The van der Waals surface area contributed by atoms with Crippen LogP contribution < -0.4 is 5.32 Å². The van der Waals surface area contributed by atoms with E-state index >= 15 is 0 Å². The Hall–Kier alpha value is -0.300. The Morgan fingerprint density at radius 2 is 2.05 bits per heavy atom. The van der Waals surface area contributed by atoms with Gasteiger partial charge < -0.3 is 5.32 Å². The number of rotatable bonds is 6. The molecule has 0 bridgehead atoms. The van der Waals surface area contributed by atoms with Crippen molar-refractivity contribution in [2.24, 2.45) is 0 Å². The first kappa shape index (κ1) is 17.8. The summed E-state index contributed by atoms with van der Waals surface area (Å²) in [6, 6.07) is 5.44. The van der Waals surface area contributed by atoms with Crippen LogP contribution >= 0.6 is 27.5 Å². The van der Waals surface area contributed by atoms with Crippen molar-refractivity contribution >= 4 is 27.5 Å². The Morgan fingerprint density at radius 3 is 2.55 bits per heavy atom. The van der Waals surface area contributed by atoms with E-state index in [9.17, 15) is 13.2 Å². The Bertz CT molecular complexity index is 440. The van der Waals surface area contributed by atoms with Crippen LogP contribution in [0.3, 0.4) is 0 Å². The van der Waals surface area contributed by atoms with E-state index in [-0.39, 0.29) is 6.04 Å². The second kappa shape index (κ2) is 7.64. The largest absolute Gasteiger partial charge is 0.401 e. The highest BCUT2D eigenvalue weighted by Crippen LogP contribution is 2.28. The summed E-state index contributed by atoms with van der Waals surface area (Å²) in [6.07, 6.45) is -3.62. The minimum atomic E-state index is -4.17. The van der Waals surface area contributed by atoms with Crippen molar-refractivity contribution in [1.82, 2.24) is 10.2 Å². The zero-order valence-corrected chi connectivity index (χ0v) is 13.6. The summed E-state index contributed by atoms with van der Waals surface area (Å²) in [5.41, 5.74) is 0.887. The summed E-state index contributed by atoms with van der Waals surface area (Å²) in [6.45, 7) is -0.574. The van der Waals surface area contributed by atoms with E-state index in [4.69, 9.17) is 11.6 Å². The molecule has 114 valence electrons. The number of hydrogen-bond donors (Lipinski definition) is 1. The molecule has 1 unspecified atom stereocenters. The normalized spacial score (nSPS) is 13.8. The fourth-order valence-corrected chi connectivity index (χ4v) is 2.78. The minimum Gasteiger partial charge on any atom is -0.313 e. The van der Waals surface area contributed by atoms with Gasteiger partial charge in [-0.3, -0.25) is 4.90 Å². The van der Waals surface area contributed by atoms with Crippen LogP contribution in [0.2, 0.25) is 5.02 Å². The third-order valence-electron chi connectivity index (χ3n) is 2.94. The number of alkyl halides is 3. The van der Waals surface area contributed by atoms with E-state index in [1.165, 1.54) is 11.9 Å². The molecule has 0 aliphatic carbocycles. The topological polar surface area (TPSA) is 15.3 Å². The highest BCUT2D eigenvalue weighted by molar-refractivity contribution is 9.10. The maximum Gasteiger partial charge on any atom is 0.401 e. The van der Waals surface area contributed by atoms with Crippen molar-refractivity contribution < 1.29 is 13.2 Å². The van der Waals surface area contributed by atoms with Crippen molar-refractivity contribution in [3.63, 3.8) is 0 Å². The minimum absolute atomic E-state index is 0.0775. The molecule has 7 heteroatoms. The zero-order chi connectivity index (χ0) is 15.3. The molecule has 0 amide bonds. The van der Waals surface area contributed by atoms with Gasteiger partial charge in [0.2, 0.25) is 0 Å². The lowest BCUT2D eigenvalue weighted by Gasteiger charge is -2.23. The molecule has 0 aromatic heterocycles. The first-order valence-corrected chi connectivity index (χ1v) is 7.27. The summed E-state index contributed by atoms with van der Waals surface area (Å²) >= 11 is 9.49. The third kappa shape index (κ3) is 5.99. The summed E-state index contributed by atoms with van der Waals surface area (Å²) in [5.74, 6) is 0. The summed E-state index contributed by atoms with van der Waals surface area (Å²) < 4.78 is 37.7. The molecule has 0 radical (unpaired) electrons. The zero-order valence-electron chi connectivity index (χ0n) is 11.3. The van der Waals surface area contributed by atoms with Gasteiger partial charge in [-0.1, -0.05) is 33.6 Å². The second-order valence-electron chi connectivity index (χ2n) is 4.65. The first-order chi connectivity index (χ1) is 9.23. The van der Waals surface area contributed by atoms with Crippen LogP contribution in [-0.4, -0.2) is 38.3 Å². The number of halogens is 5. The lowest BCUT2D eigenvalue weighted by molar-refractivity contribution is -0.143. The molecule has 1 aromatic rings. The fraction of sp³-hybridized carbons (Fsp3) is 0.538. The van der Waals surface area contributed by atoms with Gasteiger partial charge in [0.1, 0.15) is 0 Å². The van der Waals surface area contributed by atoms with E-state index in [0.717, 1.165) is 10.0 Å². The molecule has 0 saturated heterocycles. The number of hydrogen-bond acceptors (Lipinski definition) is 2. The van der Waals surface area contributed by atoms with Crippen LogP contribution in [0.1, 0.15) is 18.0 Å². The standard InChI is InChI=1S/C13H17BrClF3N2/c1-19-12(5-6-20(2)8-13(16,17)18)10-4-3-9(14)7-11(10)15/h3-4,7,12,19H,5-6,8H2,1-2H3. The third-order valence-corrected chi connectivity index (χ3v) is 3.76. The molecular weight excluding hydrogens is 357 g/mol. The smallest absolute Gasteiger partial charge is 0.313 e. The van der Waals surface area contributed by atoms with Gasteiger partial charge in [-0.15, -0.1) is 0 Å². The van der Waals surface area contributed by atoms with Crippen molar-refractivity contribution in [1.29, 1.82) is 0 Å². The number of benzene rings is 1. The Labute approximate surface area is 130 Å². The highest BCUT2D eigenvalue weighted by atomic mass is 79.9. The van der Waals surface area contributed by atoms with Gasteiger partial charge in [0.05, 0.1) is 6.54 Å². The molecule has 20 heavy (non-hydrogen) atoms. The quantitative estimate of drug-likeness (QED) is 0.802. The van der Waals surface area contributed by atoms with Gasteiger partial charge >= 0.3 is 6.18 Å². The molecule has 1 N–H and O–H groups in total.